The second-order valence-corrected chi connectivity index (χ2v) is 7.48. The molecule has 32 heavy (non-hydrogen) atoms. The van der Waals surface area contributed by atoms with Crippen molar-refractivity contribution in [3.8, 4) is 17.6 Å². The largest absolute Gasteiger partial charge is 0.490 e. The minimum absolute atomic E-state index is 0.0104. The molecule has 0 spiro atoms. The van der Waals surface area contributed by atoms with E-state index in [1.54, 1.807) is 24.3 Å². The molecule has 0 fully saturated rings. The number of carbonyl (C=O) groups excluding carboxylic acids is 1. The minimum Gasteiger partial charge on any atom is -0.490 e. The Kier molecular flexibility index (Phi) is 7.91. The van der Waals surface area contributed by atoms with Crippen molar-refractivity contribution in [3.05, 3.63) is 94.0 Å². The summed E-state index contributed by atoms with van der Waals surface area (Å²) >= 11 is 5.92. The fourth-order valence-electron chi connectivity index (χ4n) is 2.98. The van der Waals surface area contributed by atoms with Gasteiger partial charge in [-0.1, -0.05) is 41.9 Å². The highest BCUT2D eigenvalue weighted by atomic mass is 35.5. The summed E-state index contributed by atoms with van der Waals surface area (Å²) in [6, 6.07) is 22.1. The fraction of sp³-hybridized carbons (Fsp3) is 0.154. The summed E-state index contributed by atoms with van der Waals surface area (Å²) in [6.07, 6.45) is 1.52. The van der Waals surface area contributed by atoms with Crippen LogP contribution in [0, 0.1) is 18.3 Å². The van der Waals surface area contributed by atoms with Gasteiger partial charge in [0.25, 0.3) is 5.91 Å². The Hall–Kier alpha value is -3.75. The first-order chi connectivity index (χ1) is 15.5. The Balaban J connectivity index is 1.77. The maximum absolute atomic E-state index is 12.6. The molecule has 3 aromatic rings. The van der Waals surface area contributed by atoms with Crippen molar-refractivity contribution in [1.29, 1.82) is 5.26 Å². The lowest BCUT2D eigenvalue weighted by molar-refractivity contribution is -0.112. The first-order valence-corrected chi connectivity index (χ1v) is 10.5. The predicted molar refractivity (Wildman–Crippen MR) is 127 cm³/mol. The Morgan fingerprint density at radius 2 is 1.84 bits per heavy atom. The molecule has 5 nitrogen and oxygen atoms in total. The maximum atomic E-state index is 12.6. The first-order valence-electron chi connectivity index (χ1n) is 10.1. The molecule has 162 valence electrons. The number of amides is 1. The predicted octanol–water partition coefficient (Wildman–Crippen LogP) is 6.17. The fourth-order valence-corrected chi connectivity index (χ4v) is 3.11. The average Bonchev–Trinajstić information content (AvgIpc) is 2.78. The molecular weight excluding hydrogens is 424 g/mol. The normalized spacial score (nSPS) is 10.9. The van der Waals surface area contributed by atoms with Gasteiger partial charge < -0.3 is 14.8 Å². The number of nitrogens with one attached hydrogen (secondary N) is 1. The molecule has 3 aromatic carbocycles. The molecule has 0 aliphatic heterocycles. The summed E-state index contributed by atoms with van der Waals surface area (Å²) in [5, 5.41) is 12.9. The summed E-state index contributed by atoms with van der Waals surface area (Å²) in [5.74, 6) is 0.632. The number of benzene rings is 3. The lowest BCUT2D eigenvalue weighted by Gasteiger charge is -2.13. The number of rotatable bonds is 8. The van der Waals surface area contributed by atoms with Crippen LogP contribution >= 0.6 is 11.6 Å². The van der Waals surface area contributed by atoms with Crippen LogP contribution < -0.4 is 14.8 Å². The van der Waals surface area contributed by atoms with Gasteiger partial charge in [-0.05, 0) is 73.0 Å². The van der Waals surface area contributed by atoms with Crippen LogP contribution in [0.25, 0.3) is 6.08 Å². The molecule has 0 radical (unpaired) electrons. The molecule has 0 aromatic heterocycles. The number of carbonyl (C=O) groups is 1. The number of hydrogen-bond donors (Lipinski definition) is 1. The van der Waals surface area contributed by atoms with Crippen molar-refractivity contribution in [3.63, 3.8) is 0 Å². The molecule has 0 atom stereocenters. The molecule has 0 saturated heterocycles. The van der Waals surface area contributed by atoms with E-state index >= 15 is 0 Å². The Bertz CT molecular complexity index is 1160. The Morgan fingerprint density at radius 3 is 2.53 bits per heavy atom. The monoisotopic (exact) mass is 446 g/mol. The highest BCUT2D eigenvalue weighted by molar-refractivity contribution is 6.30. The van der Waals surface area contributed by atoms with E-state index in [-0.39, 0.29) is 5.57 Å². The highest BCUT2D eigenvalue weighted by Gasteiger charge is 2.12. The molecule has 1 N–H and O–H groups in total. The van der Waals surface area contributed by atoms with Crippen molar-refractivity contribution in [1.82, 2.24) is 0 Å². The lowest BCUT2D eigenvalue weighted by Crippen LogP contribution is -2.13. The zero-order chi connectivity index (χ0) is 22.9. The summed E-state index contributed by atoms with van der Waals surface area (Å²) in [4.78, 5) is 12.6. The van der Waals surface area contributed by atoms with E-state index in [4.69, 9.17) is 21.1 Å². The lowest BCUT2D eigenvalue weighted by atomic mass is 10.1. The molecule has 1 amide bonds. The summed E-state index contributed by atoms with van der Waals surface area (Å²) in [6.45, 7) is 4.61. The van der Waals surface area contributed by atoms with E-state index in [0.29, 0.717) is 41.0 Å². The van der Waals surface area contributed by atoms with Crippen LogP contribution in [-0.4, -0.2) is 12.5 Å². The van der Waals surface area contributed by atoms with Crippen LogP contribution in [-0.2, 0) is 11.4 Å². The highest BCUT2D eigenvalue weighted by Crippen LogP contribution is 2.30. The van der Waals surface area contributed by atoms with Gasteiger partial charge in [0, 0.05) is 10.7 Å². The van der Waals surface area contributed by atoms with E-state index in [2.05, 4.69) is 5.32 Å². The molecule has 3 rings (SSSR count). The van der Waals surface area contributed by atoms with Crippen molar-refractivity contribution < 1.29 is 14.3 Å². The van der Waals surface area contributed by atoms with Gasteiger partial charge in [0.15, 0.2) is 11.5 Å². The molecule has 0 aliphatic carbocycles. The third kappa shape index (κ3) is 6.37. The van der Waals surface area contributed by atoms with Gasteiger partial charge >= 0.3 is 0 Å². The van der Waals surface area contributed by atoms with E-state index in [1.807, 2.05) is 62.4 Å². The summed E-state index contributed by atoms with van der Waals surface area (Å²) < 4.78 is 11.6. The van der Waals surface area contributed by atoms with Gasteiger partial charge in [0.1, 0.15) is 18.2 Å². The summed E-state index contributed by atoms with van der Waals surface area (Å²) in [7, 11) is 0. The zero-order valence-electron chi connectivity index (χ0n) is 17.9. The average molecular weight is 447 g/mol. The third-order valence-corrected chi connectivity index (χ3v) is 4.78. The van der Waals surface area contributed by atoms with Crippen LogP contribution in [0.1, 0.15) is 23.6 Å². The van der Waals surface area contributed by atoms with Crippen LogP contribution in [0.15, 0.2) is 72.3 Å². The smallest absolute Gasteiger partial charge is 0.266 e. The topological polar surface area (TPSA) is 71.3 Å². The Labute approximate surface area is 192 Å². The zero-order valence-corrected chi connectivity index (χ0v) is 18.6. The molecule has 0 heterocycles. The molecule has 0 bridgehead atoms. The SMILES string of the molecule is CCOc1cc(/C=C(/C#N)C(=O)Nc2cccc(C)c2)ccc1OCc1ccc(Cl)cc1. The van der Waals surface area contributed by atoms with Gasteiger partial charge in [0.05, 0.1) is 6.61 Å². The van der Waals surface area contributed by atoms with Gasteiger partial charge in [-0.2, -0.15) is 5.26 Å². The number of hydrogen-bond acceptors (Lipinski definition) is 4. The number of nitrogens with zero attached hydrogens (tertiary/aromatic N) is 1. The van der Waals surface area contributed by atoms with Gasteiger partial charge in [0.2, 0.25) is 0 Å². The molecule has 0 unspecified atom stereocenters. The minimum atomic E-state index is -0.473. The van der Waals surface area contributed by atoms with Crippen molar-refractivity contribution in [2.24, 2.45) is 0 Å². The third-order valence-electron chi connectivity index (χ3n) is 4.53. The second kappa shape index (κ2) is 11.0. The van der Waals surface area contributed by atoms with Crippen LogP contribution in [0.2, 0.25) is 5.02 Å². The van der Waals surface area contributed by atoms with Crippen molar-refractivity contribution in [2.45, 2.75) is 20.5 Å². The number of anilines is 1. The second-order valence-electron chi connectivity index (χ2n) is 7.05. The van der Waals surface area contributed by atoms with E-state index in [0.717, 1.165) is 11.1 Å². The Morgan fingerprint density at radius 1 is 1.06 bits per heavy atom. The maximum Gasteiger partial charge on any atom is 0.266 e. The van der Waals surface area contributed by atoms with Crippen molar-refractivity contribution in [2.75, 3.05) is 11.9 Å². The van der Waals surface area contributed by atoms with Crippen LogP contribution in [0.5, 0.6) is 11.5 Å². The number of nitriles is 1. The summed E-state index contributed by atoms with van der Waals surface area (Å²) in [5.41, 5.74) is 3.27. The van der Waals surface area contributed by atoms with Gasteiger partial charge in [-0.3, -0.25) is 4.79 Å². The number of halogens is 1. The number of ether oxygens (including phenoxy) is 2. The standard InChI is InChI=1S/C26H23ClN2O3/c1-3-31-25-15-20(9-12-24(25)32-17-19-7-10-22(27)11-8-19)14-21(16-28)26(30)29-23-6-4-5-18(2)13-23/h4-15H,3,17H2,1-2H3,(H,29,30)/b21-14-. The molecular formula is C26H23ClN2O3. The number of aryl methyl sites for hydroxylation is 1. The van der Waals surface area contributed by atoms with Crippen LogP contribution in [0.3, 0.4) is 0 Å². The van der Waals surface area contributed by atoms with Crippen LogP contribution in [0.4, 0.5) is 5.69 Å². The van der Waals surface area contributed by atoms with E-state index in [9.17, 15) is 10.1 Å². The molecule has 0 aliphatic rings. The van der Waals surface area contributed by atoms with Crippen molar-refractivity contribution >= 4 is 29.3 Å². The molecule has 0 saturated carbocycles. The van der Waals surface area contributed by atoms with E-state index in [1.165, 1.54) is 6.08 Å². The quantitative estimate of drug-likeness (QED) is 0.331. The first kappa shape index (κ1) is 22.9. The van der Waals surface area contributed by atoms with Gasteiger partial charge in [-0.15, -0.1) is 0 Å². The van der Waals surface area contributed by atoms with Gasteiger partial charge in [-0.25, -0.2) is 0 Å². The molecule has 6 heteroatoms. The van der Waals surface area contributed by atoms with E-state index < -0.39 is 5.91 Å².